The van der Waals surface area contributed by atoms with Crippen molar-refractivity contribution in [3.8, 4) is 11.1 Å². The molecule has 0 atom stereocenters. The van der Waals surface area contributed by atoms with Crippen LogP contribution in [-0.2, 0) is 12.5 Å². The van der Waals surface area contributed by atoms with Crippen molar-refractivity contribution in [3.63, 3.8) is 0 Å². The van der Waals surface area contributed by atoms with E-state index in [1.165, 1.54) is 5.56 Å². The van der Waals surface area contributed by atoms with Crippen LogP contribution in [0.15, 0.2) is 30.9 Å². The molecule has 0 saturated carbocycles. The van der Waals surface area contributed by atoms with Gasteiger partial charge in [0.15, 0.2) is 0 Å². The van der Waals surface area contributed by atoms with Gasteiger partial charge in [0.05, 0.1) is 6.20 Å². The Balaban J connectivity index is 2.44. The fourth-order valence-electron chi connectivity index (χ4n) is 1.58. The van der Waals surface area contributed by atoms with Crippen LogP contribution >= 0.6 is 0 Å². The van der Waals surface area contributed by atoms with Gasteiger partial charge in [-0.15, -0.1) is 0 Å². The lowest BCUT2D eigenvalue weighted by molar-refractivity contribution is 0.588. The summed E-state index contributed by atoms with van der Waals surface area (Å²) >= 11 is 0. The topological polar surface area (TPSA) is 30.7 Å². The predicted octanol–water partition coefficient (Wildman–Crippen LogP) is 2.78. The van der Waals surface area contributed by atoms with Crippen LogP contribution in [0.3, 0.4) is 0 Å². The zero-order chi connectivity index (χ0) is 11.8. The maximum absolute atomic E-state index is 4.30. The van der Waals surface area contributed by atoms with E-state index in [1.807, 2.05) is 31.8 Å². The van der Waals surface area contributed by atoms with Gasteiger partial charge in [-0.1, -0.05) is 20.8 Å². The highest BCUT2D eigenvalue weighted by Crippen LogP contribution is 2.25. The van der Waals surface area contributed by atoms with Crippen molar-refractivity contribution in [1.29, 1.82) is 0 Å². The smallest absolute Gasteiger partial charge is 0.0568 e. The van der Waals surface area contributed by atoms with Crippen molar-refractivity contribution < 1.29 is 0 Å². The predicted molar refractivity (Wildman–Crippen MR) is 65.1 cm³/mol. The van der Waals surface area contributed by atoms with Gasteiger partial charge < -0.3 is 0 Å². The van der Waals surface area contributed by atoms with E-state index in [4.69, 9.17) is 0 Å². The minimum atomic E-state index is 0.130. The van der Waals surface area contributed by atoms with Crippen LogP contribution in [0.25, 0.3) is 11.1 Å². The number of hydrogen-bond acceptors (Lipinski definition) is 2. The second-order valence-corrected chi connectivity index (χ2v) is 5.11. The van der Waals surface area contributed by atoms with Gasteiger partial charge in [0.2, 0.25) is 0 Å². The van der Waals surface area contributed by atoms with Gasteiger partial charge in [-0.25, -0.2) is 0 Å². The van der Waals surface area contributed by atoms with Gasteiger partial charge in [0.1, 0.15) is 0 Å². The van der Waals surface area contributed by atoms with E-state index in [-0.39, 0.29) is 5.41 Å². The fraction of sp³-hybridized carbons (Fsp3) is 0.385. The van der Waals surface area contributed by atoms with E-state index in [0.29, 0.717) is 0 Å². The van der Waals surface area contributed by atoms with Gasteiger partial charge in [-0.3, -0.25) is 9.67 Å². The highest BCUT2D eigenvalue weighted by atomic mass is 15.2. The molecule has 0 N–H and O–H groups in total. The summed E-state index contributed by atoms with van der Waals surface area (Å²) in [4.78, 5) is 4.30. The Morgan fingerprint density at radius 2 is 1.81 bits per heavy atom. The molecule has 0 aliphatic rings. The van der Waals surface area contributed by atoms with E-state index in [0.717, 1.165) is 11.1 Å². The first-order chi connectivity index (χ1) is 7.47. The van der Waals surface area contributed by atoms with Crippen LogP contribution in [0.5, 0.6) is 0 Å². The van der Waals surface area contributed by atoms with E-state index in [1.54, 1.807) is 4.68 Å². The lowest BCUT2D eigenvalue weighted by Crippen LogP contribution is -2.11. The second-order valence-electron chi connectivity index (χ2n) is 5.11. The van der Waals surface area contributed by atoms with E-state index in [9.17, 15) is 0 Å². The normalized spacial score (nSPS) is 11.8. The first-order valence-corrected chi connectivity index (χ1v) is 5.41. The number of aromatic nitrogens is 3. The molecule has 0 spiro atoms. The largest absolute Gasteiger partial charge is 0.275 e. The molecular formula is C13H17N3. The first kappa shape index (κ1) is 10.9. The molecule has 2 aromatic rings. The van der Waals surface area contributed by atoms with Crippen LogP contribution in [0.1, 0.15) is 26.3 Å². The van der Waals surface area contributed by atoms with Crippen molar-refractivity contribution in [1.82, 2.24) is 14.8 Å². The lowest BCUT2D eigenvalue weighted by Gasteiger charge is -2.18. The summed E-state index contributed by atoms with van der Waals surface area (Å²) in [6.45, 7) is 6.57. The lowest BCUT2D eigenvalue weighted by atomic mass is 9.87. The van der Waals surface area contributed by atoms with Gasteiger partial charge in [0, 0.05) is 36.8 Å². The summed E-state index contributed by atoms with van der Waals surface area (Å²) in [7, 11) is 1.92. The van der Waals surface area contributed by atoms with E-state index in [2.05, 4.69) is 36.9 Å². The molecule has 0 unspecified atom stereocenters. The minimum absolute atomic E-state index is 0.130. The third-order valence-corrected chi connectivity index (χ3v) is 2.64. The SMILES string of the molecule is Cn1cc(-c2cncc(C(C)(C)C)c2)cn1. The average Bonchev–Trinajstić information content (AvgIpc) is 2.64. The molecule has 0 fully saturated rings. The van der Waals surface area contributed by atoms with Crippen LogP contribution in [0, 0.1) is 0 Å². The fourth-order valence-corrected chi connectivity index (χ4v) is 1.58. The molecule has 0 aromatic carbocycles. The summed E-state index contributed by atoms with van der Waals surface area (Å²) in [6.07, 6.45) is 7.68. The third kappa shape index (κ3) is 2.13. The molecule has 0 bridgehead atoms. The molecule has 0 aliphatic carbocycles. The number of hydrogen-bond donors (Lipinski definition) is 0. The van der Waals surface area contributed by atoms with Crippen molar-refractivity contribution in [3.05, 3.63) is 36.4 Å². The molecule has 2 rings (SSSR count). The Hall–Kier alpha value is -1.64. The molecule has 0 amide bonds. The number of pyridine rings is 1. The number of nitrogens with zero attached hydrogens (tertiary/aromatic N) is 3. The molecular weight excluding hydrogens is 198 g/mol. The van der Waals surface area contributed by atoms with Crippen molar-refractivity contribution in [2.24, 2.45) is 7.05 Å². The molecule has 16 heavy (non-hydrogen) atoms. The van der Waals surface area contributed by atoms with Crippen LogP contribution in [-0.4, -0.2) is 14.8 Å². The molecule has 3 nitrogen and oxygen atoms in total. The Labute approximate surface area is 96.1 Å². The minimum Gasteiger partial charge on any atom is -0.275 e. The Morgan fingerprint density at radius 1 is 1.06 bits per heavy atom. The molecule has 2 heterocycles. The quantitative estimate of drug-likeness (QED) is 0.732. The maximum atomic E-state index is 4.30. The maximum Gasteiger partial charge on any atom is 0.0568 e. The summed E-state index contributed by atoms with van der Waals surface area (Å²) in [5.41, 5.74) is 3.61. The van der Waals surface area contributed by atoms with Gasteiger partial charge in [-0.05, 0) is 17.0 Å². The monoisotopic (exact) mass is 215 g/mol. The average molecular weight is 215 g/mol. The third-order valence-electron chi connectivity index (χ3n) is 2.64. The summed E-state index contributed by atoms with van der Waals surface area (Å²) in [5.74, 6) is 0. The van der Waals surface area contributed by atoms with Gasteiger partial charge >= 0.3 is 0 Å². The second kappa shape index (κ2) is 3.74. The highest BCUT2D eigenvalue weighted by Gasteiger charge is 2.14. The number of aryl methyl sites for hydroxylation is 1. The first-order valence-electron chi connectivity index (χ1n) is 5.41. The van der Waals surface area contributed by atoms with Crippen LogP contribution < -0.4 is 0 Å². The van der Waals surface area contributed by atoms with Crippen molar-refractivity contribution in [2.45, 2.75) is 26.2 Å². The zero-order valence-electron chi connectivity index (χ0n) is 10.2. The summed E-state index contributed by atoms with van der Waals surface area (Å²) in [5, 5.41) is 4.17. The standard InChI is InChI=1S/C13H17N3/c1-13(2,3)12-5-10(6-14-8-12)11-7-15-16(4)9-11/h5-9H,1-4H3. The van der Waals surface area contributed by atoms with E-state index < -0.39 is 0 Å². The van der Waals surface area contributed by atoms with Gasteiger partial charge in [-0.2, -0.15) is 5.10 Å². The Morgan fingerprint density at radius 3 is 2.38 bits per heavy atom. The van der Waals surface area contributed by atoms with Crippen molar-refractivity contribution in [2.75, 3.05) is 0 Å². The van der Waals surface area contributed by atoms with Crippen LogP contribution in [0.4, 0.5) is 0 Å². The Kier molecular flexibility index (Phi) is 2.54. The zero-order valence-corrected chi connectivity index (χ0v) is 10.2. The van der Waals surface area contributed by atoms with Gasteiger partial charge in [0.25, 0.3) is 0 Å². The summed E-state index contributed by atoms with van der Waals surface area (Å²) in [6, 6.07) is 2.18. The summed E-state index contributed by atoms with van der Waals surface area (Å²) < 4.78 is 1.80. The highest BCUT2D eigenvalue weighted by molar-refractivity contribution is 5.61. The number of rotatable bonds is 1. The molecule has 0 radical (unpaired) electrons. The molecule has 84 valence electrons. The molecule has 0 aliphatic heterocycles. The van der Waals surface area contributed by atoms with E-state index >= 15 is 0 Å². The van der Waals surface area contributed by atoms with Crippen molar-refractivity contribution >= 4 is 0 Å². The molecule has 3 heteroatoms. The molecule has 0 saturated heterocycles. The molecule has 2 aromatic heterocycles. The van der Waals surface area contributed by atoms with Crippen LogP contribution in [0.2, 0.25) is 0 Å². The Bertz CT molecular complexity index is 492.